The summed E-state index contributed by atoms with van der Waals surface area (Å²) in [5.74, 6) is 0.800. The van der Waals surface area contributed by atoms with Crippen LogP contribution < -0.4 is 10.6 Å². The molecule has 0 atom stereocenters. The van der Waals surface area contributed by atoms with Crippen LogP contribution in [0.4, 0.5) is 11.4 Å². The Bertz CT molecular complexity index is 591. The first-order valence-electron chi connectivity index (χ1n) is 6.33. The highest BCUT2D eigenvalue weighted by molar-refractivity contribution is 5.96. The van der Waals surface area contributed by atoms with Gasteiger partial charge in [0.25, 0.3) is 5.91 Å². The van der Waals surface area contributed by atoms with Crippen LogP contribution in [0.3, 0.4) is 0 Å². The van der Waals surface area contributed by atoms with Gasteiger partial charge in [-0.25, -0.2) is 0 Å². The van der Waals surface area contributed by atoms with Gasteiger partial charge in [-0.15, -0.1) is 0 Å². The van der Waals surface area contributed by atoms with E-state index in [1.165, 1.54) is 0 Å². The van der Waals surface area contributed by atoms with Gasteiger partial charge in [0.05, 0.1) is 24.2 Å². The van der Waals surface area contributed by atoms with Crippen LogP contribution >= 0.6 is 0 Å². The molecule has 1 aromatic carbocycles. The van der Waals surface area contributed by atoms with Crippen molar-refractivity contribution in [2.24, 2.45) is 0 Å². The number of carbonyl (C=O) groups excluding carboxylic acids is 1. The van der Waals surface area contributed by atoms with E-state index < -0.39 is 0 Å². The first-order chi connectivity index (χ1) is 9.49. The van der Waals surface area contributed by atoms with Gasteiger partial charge in [0.2, 0.25) is 0 Å². The van der Waals surface area contributed by atoms with Crippen molar-refractivity contribution in [1.29, 1.82) is 0 Å². The molecular weight excluding hydrogens is 254 g/mol. The molecule has 2 rings (SSSR count). The molecule has 1 amide bonds. The number of benzene rings is 1. The fourth-order valence-electron chi connectivity index (χ4n) is 1.99. The third-order valence-electron chi connectivity index (χ3n) is 3.07. The molecule has 2 aromatic rings. The van der Waals surface area contributed by atoms with E-state index in [1.807, 2.05) is 24.1 Å². The first kappa shape index (κ1) is 14.0. The van der Waals surface area contributed by atoms with E-state index >= 15 is 0 Å². The fraction of sp³-hybridized carbons (Fsp3) is 0.267. The van der Waals surface area contributed by atoms with Gasteiger partial charge in [0.15, 0.2) is 0 Å². The molecule has 0 aliphatic carbocycles. The average molecular weight is 273 g/mol. The minimum atomic E-state index is -0.0438. The molecule has 0 unspecified atom stereocenters. The predicted octanol–water partition coefficient (Wildman–Crippen LogP) is 2.20. The summed E-state index contributed by atoms with van der Waals surface area (Å²) in [6, 6.07) is 9.05. The van der Waals surface area contributed by atoms with E-state index in [-0.39, 0.29) is 5.91 Å². The predicted molar refractivity (Wildman–Crippen MR) is 79.7 cm³/mol. The van der Waals surface area contributed by atoms with Gasteiger partial charge >= 0.3 is 0 Å². The molecule has 0 fully saturated rings. The lowest BCUT2D eigenvalue weighted by Gasteiger charge is -2.21. The summed E-state index contributed by atoms with van der Waals surface area (Å²) in [5.41, 5.74) is 8.06. The molecule has 0 spiro atoms. The molecule has 106 valence electrons. The number of hydrogen-bond donors (Lipinski definition) is 1. The second-order valence-electron chi connectivity index (χ2n) is 4.91. The van der Waals surface area contributed by atoms with Gasteiger partial charge in [0, 0.05) is 26.7 Å². The van der Waals surface area contributed by atoms with E-state index in [0.717, 1.165) is 11.4 Å². The van der Waals surface area contributed by atoms with Crippen LogP contribution in [-0.2, 0) is 6.54 Å². The van der Waals surface area contributed by atoms with Crippen molar-refractivity contribution in [3.63, 3.8) is 0 Å². The second kappa shape index (κ2) is 5.69. The van der Waals surface area contributed by atoms with Gasteiger partial charge < -0.3 is 20.0 Å². The smallest absolute Gasteiger partial charge is 0.253 e. The zero-order valence-corrected chi connectivity index (χ0v) is 12.0. The minimum absolute atomic E-state index is 0.0438. The Morgan fingerprint density at radius 3 is 2.60 bits per heavy atom. The van der Waals surface area contributed by atoms with Crippen molar-refractivity contribution in [2.75, 3.05) is 31.8 Å². The van der Waals surface area contributed by atoms with E-state index in [2.05, 4.69) is 0 Å². The number of amides is 1. The highest BCUT2D eigenvalue weighted by atomic mass is 16.3. The number of nitrogens with two attached hydrogens (primary N) is 1. The Morgan fingerprint density at radius 2 is 2.00 bits per heavy atom. The molecule has 5 heteroatoms. The summed E-state index contributed by atoms with van der Waals surface area (Å²) >= 11 is 0. The van der Waals surface area contributed by atoms with Gasteiger partial charge in [0.1, 0.15) is 5.76 Å². The molecule has 1 aromatic heterocycles. The number of nitrogens with zero attached hydrogens (tertiary/aromatic N) is 2. The van der Waals surface area contributed by atoms with E-state index in [4.69, 9.17) is 10.2 Å². The van der Waals surface area contributed by atoms with Crippen LogP contribution in [0.25, 0.3) is 0 Å². The highest BCUT2D eigenvalue weighted by Crippen LogP contribution is 2.25. The molecule has 0 bridgehead atoms. The van der Waals surface area contributed by atoms with E-state index in [1.54, 1.807) is 43.5 Å². The number of hydrogen-bond acceptors (Lipinski definition) is 4. The summed E-state index contributed by atoms with van der Waals surface area (Å²) in [7, 11) is 5.37. The lowest BCUT2D eigenvalue weighted by Crippen LogP contribution is -2.23. The summed E-state index contributed by atoms with van der Waals surface area (Å²) in [5, 5.41) is 0. The Balaban J connectivity index is 2.26. The molecule has 2 N–H and O–H groups in total. The van der Waals surface area contributed by atoms with Gasteiger partial charge in [-0.3, -0.25) is 4.79 Å². The highest BCUT2D eigenvalue weighted by Gasteiger charge is 2.13. The molecule has 0 aliphatic rings. The monoisotopic (exact) mass is 273 g/mol. The van der Waals surface area contributed by atoms with Crippen LogP contribution in [-0.4, -0.2) is 32.0 Å². The first-order valence-corrected chi connectivity index (χ1v) is 6.33. The van der Waals surface area contributed by atoms with Crippen molar-refractivity contribution in [2.45, 2.75) is 6.54 Å². The number of rotatable bonds is 4. The fourth-order valence-corrected chi connectivity index (χ4v) is 1.99. The van der Waals surface area contributed by atoms with Crippen molar-refractivity contribution in [3.05, 3.63) is 47.9 Å². The van der Waals surface area contributed by atoms with Crippen LogP contribution in [0.2, 0.25) is 0 Å². The maximum absolute atomic E-state index is 12.0. The number of carbonyl (C=O) groups is 1. The lowest BCUT2D eigenvalue weighted by atomic mass is 10.1. The molecule has 5 nitrogen and oxygen atoms in total. The largest absolute Gasteiger partial charge is 0.467 e. The summed E-state index contributed by atoms with van der Waals surface area (Å²) < 4.78 is 5.32. The SMILES string of the molecule is CN(C)C(=O)c1ccc(N)c(N(C)Cc2ccco2)c1. The van der Waals surface area contributed by atoms with Crippen LogP contribution in [0.5, 0.6) is 0 Å². The Kier molecular flexibility index (Phi) is 3.98. The van der Waals surface area contributed by atoms with Gasteiger partial charge in [-0.05, 0) is 30.3 Å². The summed E-state index contributed by atoms with van der Waals surface area (Å²) in [6.07, 6.45) is 1.64. The maximum Gasteiger partial charge on any atom is 0.253 e. The quantitative estimate of drug-likeness (QED) is 0.867. The zero-order valence-electron chi connectivity index (χ0n) is 12.0. The average Bonchev–Trinajstić information content (AvgIpc) is 2.91. The summed E-state index contributed by atoms with van der Waals surface area (Å²) in [4.78, 5) is 15.5. The van der Waals surface area contributed by atoms with Crippen molar-refractivity contribution in [1.82, 2.24) is 4.90 Å². The van der Waals surface area contributed by atoms with Gasteiger partial charge in [-0.1, -0.05) is 0 Å². The van der Waals surface area contributed by atoms with Crippen molar-refractivity contribution < 1.29 is 9.21 Å². The zero-order chi connectivity index (χ0) is 14.7. The normalized spacial score (nSPS) is 10.3. The van der Waals surface area contributed by atoms with Crippen molar-refractivity contribution in [3.8, 4) is 0 Å². The molecule has 0 saturated carbocycles. The summed E-state index contributed by atoms with van der Waals surface area (Å²) in [6.45, 7) is 0.594. The van der Waals surface area contributed by atoms with E-state index in [0.29, 0.717) is 17.8 Å². The molecular formula is C15H19N3O2. The van der Waals surface area contributed by atoms with Crippen LogP contribution in [0.1, 0.15) is 16.1 Å². The molecule has 0 aliphatic heterocycles. The Labute approximate surface area is 118 Å². The molecule has 1 heterocycles. The van der Waals surface area contributed by atoms with Crippen LogP contribution in [0.15, 0.2) is 41.0 Å². The number of anilines is 2. The van der Waals surface area contributed by atoms with Crippen LogP contribution in [0, 0.1) is 0 Å². The second-order valence-corrected chi connectivity index (χ2v) is 4.91. The van der Waals surface area contributed by atoms with Crippen molar-refractivity contribution >= 4 is 17.3 Å². The molecule has 0 radical (unpaired) electrons. The topological polar surface area (TPSA) is 62.7 Å². The molecule has 20 heavy (non-hydrogen) atoms. The van der Waals surface area contributed by atoms with E-state index in [9.17, 15) is 4.79 Å². The molecule has 0 saturated heterocycles. The lowest BCUT2D eigenvalue weighted by molar-refractivity contribution is 0.0827. The maximum atomic E-state index is 12.0. The number of nitrogen functional groups attached to an aromatic ring is 1. The number of furan rings is 1. The third kappa shape index (κ3) is 2.93. The van der Waals surface area contributed by atoms with Gasteiger partial charge in [-0.2, -0.15) is 0 Å². The Hall–Kier alpha value is -2.43. The third-order valence-corrected chi connectivity index (χ3v) is 3.07. The minimum Gasteiger partial charge on any atom is -0.467 e. The standard InChI is InChI=1S/C15H19N3O2/c1-17(2)15(19)11-6-7-13(16)14(9-11)18(3)10-12-5-4-8-20-12/h4-9H,10,16H2,1-3H3. The Morgan fingerprint density at radius 1 is 1.25 bits per heavy atom.